The van der Waals surface area contributed by atoms with Crippen LogP contribution in [0.3, 0.4) is 0 Å². The Morgan fingerprint density at radius 2 is 1.44 bits per heavy atom. The van der Waals surface area contributed by atoms with E-state index in [4.69, 9.17) is 39.2 Å². The SMILES string of the molecule is CC(=O)c1oc2nc(-c3ccc(Cl)cc3Cl)c(-c3ccc(Cl)cc3)cc2c1N(S(C)(=O)=O)S(C)(=O)=O. The lowest BCUT2D eigenvalue weighted by molar-refractivity contribution is 0.0990. The Labute approximate surface area is 222 Å². The Bertz CT molecular complexity index is 1720. The van der Waals surface area contributed by atoms with Crippen molar-refractivity contribution in [3.05, 3.63) is 69.4 Å². The molecule has 0 saturated carbocycles. The molecule has 0 fully saturated rings. The number of carbonyl (C=O) groups is 1. The lowest BCUT2D eigenvalue weighted by Crippen LogP contribution is -2.36. The van der Waals surface area contributed by atoms with E-state index in [2.05, 4.69) is 4.98 Å². The van der Waals surface area contributed by atoms with Crippen LogP contribution in [0, 0.1) is 0 Å². The van der Waals surface area contributed by atoms with Gasteiger partial charge in [0.1, 0.15) is 5.69 Å². The summed E-state index contributed by atoms with van der Waals surface area (Å²) in [5.41, 5.74) is 1.25. The van der Waals surface area contributed by atoms with E-state index < -0.39 is 37.3 Å². The summed E-state index contributed by atoms with van der Waals surface area (Å²) in [6.07, 6.45) is 1.43. The second-order valence-electron chi connectivity index (χ2n) is 7.93. The van der Waals surface area contributed by atoms with Gasteiger partial charge in [-0.3, -0.25) is 4.79 Å². The molecular weight excluding hydrogens is 571 g/mol. The summed E-state index contributed by atoms with van der Waals surface area (Å²) in [5, 5.41) is 1.14. The maximum Gasteiger partial charge on any atom is 0.245 e. The molecule has 0 radical (unpaired) electrons. The molecule has 0 aliphatic heterocycles. The minimum atomic E-state index is -4.40. The van der Waals surface area contributed by atoms with E-state index in [1.54, 1.807) is 36.4 Å². The van der Waals surface area contributed by atoms with Crippen LogP contribution in [0.1, 0.15) is 17.5 Å². The van der Waals surface area contributed by atoms with E-state index in [1.165, 1.54) is 12.1 Å². The molecule has 4 rings (SSSR count). The first-order valence-electron chi connectivity index (χ1n) is 10.1. The number of halogens is 3. The molecule has 2 aromatic heterocycles. The van der Waals surface area contributed by atoms with E-state index in [0.29, 0.717) is 44.9 Å². The van der Waals surface area contributed by atoms with Crippen molar-refractivity contribution in [2.75, 3.05) is 16.2 Å². The number of Topliss-reactive ketones (excluding diaryl/α,β-unsaturated/α-hetero) is 1. The van der Waals surface area contributed by atoms with Crippen molar-refractivity contribution < 1.29 is 26.0 Å². The number of nitrogens with zero attached hydrogens (tertiary/aromatic N) is 2. The van der Waals surface area contributed by atoms with Crippen molar-refractivity contribution >= 4 is 77.4 Å². The van der Waals surface area contributed by atoms with E-state index in [9.17, 15) is 21.6 Å². The van der Waals surface area contributed by atoms with Crippen LogP contribution >= 0.6 is 34.8 Å². The third kappa shape index (κ3) is 4.96. The summed E-state index contributed by atoms with van der Waals surface area (Å²) in [7, 11) is -8.80. The first-order valence-corrected chi connectivity index (χ1v) is 14.9. The number of benzene rings is 2. The van der Waals surface area contributed by atoms with Gasteiger partial charge in [-0.2, -0.15) is 3.71 Å². The molecule has 188 valence electrons. The summed E-state index contributed by atoms with van der Waals surface area (Å²) in [6, 6.07) is 13.0. The van der Waals surface area contributed by atoms with Crippen LogP contribution in [0.25, 0.3) is 33.5 Å². The lowest BCUT2D eigenvalue weighted by Gasteiger charge is -2.19. The predicted octanol–water partition coefficient (Wildman–Crippen LogP) is 6.05. The Kier molecular flexibility index (Phi) is 6.87. The molecule has 0 aliphatic rings. The molecule has 2 heterocycles. The van der Waals surface area contributed by atoms with Crippen LogP contribution in [0.4, 0.5) is 5.69 Å². The molecule has 0 atom stereocenters. The highest BCUT2D eigenvalue weighted by molar-refractivity contribution is 8.09. The number of anilines is 1. The van der Waals surface area contributed by atoms with Crippen molar-refractivity contribution in [1.82, 2.24) is 4.98 Å². The Morgan fingerprint density at radius 1 is 0.861 bits per heavy atom. The number of fused-ring (bicyclic) bond motifs is 1. The maximum atomic E-state index is 12.6. The predicted molar refractivity (Wildman–Crippen MR) is 142 cm³/mol. The number of aromatic nitrogens is 1. The topological polar surface area (TPSA) is 115 Å². The number of hydrogen-bond donors (Lipinski definition) is 0. The van der Waals surface area contributed by atoms with Gasteiger partial charge in [0.25, 0.3) is 0 Å². The van der Waals surface area contributed by atoms with Crippen LogP contribution in [0.2, 0.25) is 15.1 Å². The summed E-state index contributed by atoms with van der Waals surface area (Å²) in [5.74, 6) is -1.17. The van der Waals surface area contributed by atoms with Crippen molar-refractivity contribution in [3.8, 4) is 22.4 Å². The average Bonchev–Trinajstić information content (AvgIpc) is 3.10. The van der Waals surface area contributed by atoms with Crippen LogP contribution in [0.15, 0.2) is 52.9 Å². The Balaban J connectivity index is 2.19. The molecule has 13 heteroatoms. The van der Waals surface area contributed by atoms with Crippen molar-refractivity contribution in [2.24, 2.45) is 0 Å². The highest BCUT2D eigenvalue weighted by Crippen LogP contribution is 2.43. The van der Waals surface area contributed by atoms with Crippen molar-refractivity contribution in [3.63, 3.8) is 0 Å². The van der Waals surface area contributed by atoms with Crippen molar-refractivity contribution in [2.45, 2.75) is 6.92 Å². The average molecular weight is 588 g/mol. The second kappa shape index (κ2) is 9.35. The van der Waals surface area contributed by atoms with Gasteiger partial charge in [0.2, 0.25) is 25.8 Å². The molecule has 8 nitrogen and oxygen atoms in total. The van der Waals surface area contributed by atoms with Crippen molar-refractivity contribution in [1.29, 1.82) is 0 Å². The van der Waals surface area contributed by atoms with Gasteiger partial charge in [-0.15, -0.1) is 0 Å². The summed E-state index contributed by atoms with van der Waals surface area (Å²) >= 11 is 18.6. The van der Waals surface area contributed by atoms with Gasteiger partial charge in [-0.1, -0.05) is 46.9 Å². The van der Waals surface area contributed by atoms with Gasteiger partial charge in [0, 0.05) is 28.1 Å². The van der Waals surface area contributed by atoms with Gasteiger partial charge in [0.15, 0.2) is 11.5 Å². The molecule has 0 bridgehead atoms. The first-order chi connectivity index (χ1) is 16.7. The molecule has 0 unspecified atom stereocenters. The number of pyridine rings is 1. The molecule has 0 N–H and O–H groups in total. The quantitative estimate of drug-likeness (QED) is 0.252. The monoisotopic (exact) mass is 586 g/mol. The highest BCUT2D eigenvalue weighted by atomic mass is 35.5. The Hall–Kier alpha value is -2.63. The molecule has 4 aromatic rings. The minimum absolute atomic E-state index is 0.00478. The molecule has 0 amide bonds. The zero-order chi connectivity index (χ0) is 26.6. The number of carbonyl (C=O) groups excluding carboxylic acids is 1. The minimum Gasteiger partial charge on any atom is -0.432 e. The van der Waals surface area contributed by atoms with E-state index >= 15 is 0 Å². The molecular formula is C23H17Cl3N2O6S2. The fourth-order valence-corrected chi connectivity index (χ4v) is 7.36. The van der Waals surface area contributed by atoms with Crippen LogP contribution in [0.5, 0.6) is 0 Å². The zero-order valence-corrected chi connectivity index (χ0v) is 22.8. The largest absolute Gasteiger partial charge is 0.432 e. The van der Waals surface area contributed by atoms with Gasteiger partial charge in [-0.25, -0.2) is 21.8 Å². The molecule has 36 heavy (non-hydrogen) atoms. The Morgan fingerprint density at radius 3 is 1.97 bits per heavy atom. The van der Waals surface area contributed by atoms with Gasteiger partial charge in [0.05, 0.1) is 28.6 Å². The highest BCUT2D eigenvalue weighted by Gasteiger charge is 2.36. The standard InChI is InChI=1S/C23H17Cl3N2O6S2/c1-12(29)22-21(28(35(2,30)31)36(3,32)33)18-11-17(13-4-6-14(24)7-5-13)20(27-23(18)34-22)16-9-8-15(25)10-19(16)26/h4-11H,1-3H3. The maximum absolute atomic E-state index is 12.6. The lowest BCUT2D eigenvalue weighted by atomic mass is 9.98. The van der Waals surface area contributed by atoms with E-state index in [-0.39, 0.29) is 19.8 Å². The van der Waals surface area contributed by atoms with E-state index in [0.717, 1.165) is 6.92 Å². The van der Waals surface area contributed by atoms with Crippen LogP contribution < -0.4 is 3.71 Å². The smallest absolute Gasteiger partial charge is 0.245 e. The first kappa shape index (κ1) is 26.4. The third-order valence-corrected chi connectivity index (χ3v) is 9.10. The van der Waals surface area contributed by atoms with E-state index in [1.807, 2.05) is 0 Å². The molecule has 0 saturated heterocycles. The van der Waals surface area contributed by atoms with Gasteiger partial charge >= 0.3 is 0 Å². The third-order valence-electron chi connectivity index (χ3n) is 5.10. The number of hydrogen-bond acceptors (Lipinski definition) is 7. The van der Waals surface area contributed by atoms with Crippen LogP contribution in [-0.4, -0.2) is 40.1 Å². The fourth-order valence-electron chi connectivity index (χ4n) is 3.74. The summed E-state index contributed by atoms with van der Waals surface area (Å²) < 4.78 is 56.1. The normalized spacial score (nSPS) is 12.2. The summed E-state index contributed by atoms with van der Waals surface area (Å²) in [4.78, 5) is 17.0. The number of ketones is 1. The fraction of sp³-hybridized carbons (Fsp3) is 0.130. The number of sulfonamides is 2. The molecule has 0 aliphatic carbocycles. The summed E-state index contributed by atoms with van der Waals surface area (Å²) in [6.45, 7) is 1.13. The molecule has 0 spiro atoms. The zero-order valence-electron chi connectivity index (χ0n) is 18.9. The molecule has 2 aromatic carbocycles. The number of furan rings is 1. The van der Waals surface area contributed by atoms with Crippen LogP contribution in [-0.2, 0) is 20.0 Å². The van der Waals surface area contributed by atoms with Gasteiger partial charge < -0.3 is 4.42 Å². The number of rotatable bonds is 6. The second-order valence-corrected chi connectivity index (χ2v) is 13.1. The van der Waals surface area contributed by atoms with Gasteiger partial charge in [-0.05, 0) is 42.0 Å².